The molecule has 0 spiro atoms. The topological polar surface area (TPSA) is 93.5 Å². The van der Waals surface area contributed by atoms with Gasteiger partial charge in [-0.25, -0.2) is 8.42 Å². The van der Waals surface area contributed by atoms with Gasteiger partial charge in [-0.3, -0.25) is 9.48 Å². The lowest BCUT2D eigenvalue weighted by Crippen LogP contribution is -2.16. The Labute approximate surface area is 139 Å². The number of nitrogens with zero attached hydrogens (tertiary/aromatic N) is 2. The zero-order chi connectivity index (χ0) is 17.5. The summed E-state index contributed by atoms with van der Waals surface area (Å²) < 4.78 is 25.7. The van der Waals surface area contributed by atoms with Crippen LogP contribution in [0.25, 0.3) is 0 Å². The molecule has 3 rings (SSSR count). The van der Waals surface area contributed by atoms with E-state index in [1.165, 1.54) is 10.9 Å². The minimum atomic E-state index is -3.40. The van der Waals surface area contributed by atoms with Crippen molar-refractivity contribution in [1.29, 1.82) is 0 Å². The first-order valence-electron chi connectivity index (χ1n) is 7.54. The third kappa shape index (κ3) is 2.89. The largest absolute Gasteiger partial charge is 0.395 e. The van der Waals surface area contributed by atoms with E-state index in [0.29, 0.717) is 36.3 Å². The van der Waals surface area contributed by atoms with E-state index in [-0.39, 0.29) is 10.5 Å². The number of hydrogen-bond donors (Lipinski definition) is 1. The van der Waals surface area contributed by atoms with Crippen LogP contribution in [0.15, 0.2) is 33.2 Å². The summed E-state index contributed by atoms with van der Waals surface area (Å²) in [5, 5.41) is 6.84. The molecule has 24 heavy (non-hydrogen) atoms. The first-order valence-corrected chi connectivity index (χ1v) is 9.43. The van der Waals surface area contributed by atoms with Gasteiger partial charge in [0.25, 0.3) is 5.56 Å². The molecule has 1 aromatic carbocycles. The van der Waals surface area contributed by atoms with Crippen molar-refractivity contribution in [2.75, 3.05) is 12.9 Å². The fourth-order valence-corrected chi connectivity index (χ4v) is 3.87. The van der Waals surface area contributed by atoms with Gasteiger partial charge in [0.2, 0.25) is 0 Å². The number of oxime groups is 1. The zero-order valence-electron chi connectivity index (χ0n) is 13.8. The number of benzene rings is 1. The van der Waals surface area contributed by atoms with Gasteiger partial charge < -0.3 is 9.94 Å². The third-order valence-corrected chi connectivity index (χ3v) is 5.36. The van der Waals surface area contributed by atoms with Crippen molar-refractivity contribution in [1.82, 2.24) is 9.78 Å². The summed E-state index contributed by atoms with van der Waals surface area (Å²) in [6, 6.07) is 3.35. The fraction of sp³-hybridized carbons (Fsp3) is 0.375. The molecule has 1 aliphatic rings. The molecule has 7 nitrogen and oxygen atoms in total. The van der Waals surface area contributed by atoms with Crippen LogP contribution in [0.3, 0.4) is 0 Å². The van der Waals surface area contributed by atoms with E-state index in [4.69, 9.17) is 4.84 Å². The van der Waals surface area contributed by atoms with E-state index in [2.05, 4.69) is 10.3 Å². The SMILES string of the molecule is Cc1c(Cc2c[nH]n(C)c2=O)ccc(S(C)(=O)=O)c1C1=NOCC1. The van der Waals surface area contributed by atoms with Gasteiger partial charge in [-0.15, -0.1) is 0 Å². The summed E-state index contributed by atoms with van der Waals surface area (Å²) in [6.07, 6.45) is 3.84. The predicted molar refractivity (Wildman–Crippen MR) is 90.2 cm³/mol. The van der Waals surface area contributed by atoms with E-state index < -0.39 is 9.84 Å². The summed E-state index contributed by atoms with van der Waals surface area (Å²) in [5.74, 6) is 0. The number of H-pyrrole nitrogens is 1. The number of aromatic nitrogens is 2. The van der Waals surface area contributed by atoms with E-state index in [1.54, 1.807) is 25.4 Å². The molecule has 2 heterocycles. The summed E-state index contributed by atoms with van der Waals surface area (Å²) in [6.45, 7) is 2.30. The van der Waals surface area contributed by atoms with Gasteiger partial charge in [0.05, 0.1) is 10.6 Å². The van der Waals surface area contributed by atoms with Crippen LogP contribution in [-0.2, 0) is 28.1 Å². The minimum Gasteiger partial charge on any atom is -0.395 e. The second-order valence-electron chi connectivity index (χ2n) is 5.96. The molecule has 2 aromatic rings. The van der Waals surface area contributed by atoms with Crippen molar-refractivity contribution in [3.05, 3.63) is 50.9 Å². The number of aryl methyl sites for hydroxylation is 1. The van der Waals surface area contributed by atoms with E-state index in [1.807, 2.05) is 6.92 Å². The van der Waals surface area contributed by atoms with Crippen LogP contribution in [0.2, 0.25) is 0 Å². The van der Waals surface area contributed by atoms with Crippen LogP contribution in [0.4, 0.5) is 0 Å². The first-order chi connectivity index (χ1) is 11.3. The van der Waals surface area contributed by atoms with Crippen molar-refractivity contribution in [3.8, 4) is 0 Å². The second kappa shape index (κ2) is 5.94. The highest BCUT2D eigenvalue weighted by Gasteiger charge is 2.24. The molecule has 1 aliphatic heterocycles. The first kappa shape index (κ1) is 16.5. The van der Waals surface area contributed by atoms with Crippen molar-refractivity contribution in [2.24, 2.45) is 12.2 Å². The summed E-state index contributed by atoms with van der Waals surface area (Å²) in [4.78, 5) is 17.3. The van der Waals surface area contributed by atoms with Crippen LogP contribution in [-0.4, -0.2) is 36.8 Å². The third-order valence-electron chi connectivity index (χ3n) is 4.22. The molecule has 0 radical (unpaired) electrons. The van der Waals surface area contributed by atoms with Gasteiger partial charge in [-0.1, -0.05) is 11.2 Å². The number of aromatic amines is 1. The van der Waals surface area contributed by atoms with Crippen LogP contribution in [0.1, 0.15) is 28.7 Å². The molecule has 0 amide bonds. The van der Waals surface area contributed by atoms with E-state index >= 15 is 0 Å². The molecule has 0 unspecified atom stereocenters. The van der Waals surface area contributed by atoms with Crippen molar-refractivity contribution >= 4 is 15.5 Å². The smallest absolute Gasteiger partial charge is 0.269 e. The van der Waals surface area contributed by atoms with Gasteiger partial charge in [-0.2, -0.15) is 0 Å². The molecule has 0 fully saturated rings. The summed E-state index contributed by atoms with van der Waals surface area (Å²) in [5.41, 5.74) is 3.47. The Morgan fingerprint density at radius 2 is 2.08 bits per heavy atom. The monoisotopic (exact) mass is 349 g/mol. The quantitative estimate of drug-likeness (QED) is 0.896. The average Bonchev–Trinajstić information content (AvgIpc) is 3.13. The molecule has 0 aliphatic carbocycles. The van der Waals surface area contributed by atoms with Crippen molar-refractivity contribution in [2.45, 2.75) is 24.7 Å². The molecule has 0 saturated heterocycles. The maximum absolute atomic E-state index is 12.1. The highest BCUT2D eigenvalue weighted by Crippen LogP contribution is 2.27. The molecular weight excluding hydrogens is 330 g/mol. The van der Waals surface area contributed by atoms with Crippen LogP contribution >= 0.6 is 0 Å². The number of nitrogens with one attached hydrogen (secondary N) is 1. The standard InChI is InChI=1S/C16H19N3O4S/c1-10-11(8-12-9-17-19(2)16(12)20)4-5-14(24(3,21)22)15(10)13-6-7-23-18-13/h4-5,9,17H,6-8H2,1-3H3. The van der Waals surface area contributed by atoms with Crippen molar-refractivity contribution in [3.63, 3.8) is 0 Å². The molecule has 1 aromatic heterocycles. The van der Waals surface area contributed by atoms with E-state index in [9.17, 15) is 13.2 Å². The van der Waals surface area contributed by atoms with E-state index in [0.717, 1.165) is 11.1 Å². The van der Waals surface area contributed by atoms with Gasteiger partial charge in [-0.05, 0) is 24.1 Å². The number of rotatable bonds is 4. The maximum atomic E-state index is 12.1. The normalized spacial score (nSPS) is 14.5. The number of hydrogen-bond acceptors (Lipinski definition) is 5. The fourth-order valence-electron chi connectivity index (χ4n) is 2.91. The van der Waals surface area contributed by atoms with Gasteiger partial charge >= 0.3 is 0 Å². The van der Waals surface area contributed by atoms with Gasteiger partial charge in [0.15, 0.2) is 9.84 Å². The maximum Gasteiger partial charge on any atom is 0.269 e. The molecule has 128 valence electrons. The Bertz CT molecular complexity index is 983. The molecule has 1 N–H and O–H groups in total. The number of sulfone groups is 1. The second-order valence-corrected chi connectivity index (χ2v) is 7.94. The predicted octanol–water partition coefficient (Wildman–Crippen LogP) is 1.14. The van der Waals surface area contributed by atoms with Crippen LogP contribution in [0.5, 0.6) is 0 Å². The lowest BCUT2D eigenvalue weighted by molar-refractivity contribution is 0.174. The van der Waals surface area contributed by atoms with Gasteiger partial charge in [0, 0.05) is 43.5 Å². The molecule has 0 atom stereocenters. The molecule has 8 heteroatoms. The highest BCUT2D eigenvalue weighted by molar-refractivity contribution is 7.90. The lowest BCUT2D eigenvalue weighted by Gasteiger charge is -2.14. The van der Waals surface area contributed by atoms with Crippen LogP contribution in [0, 0.1) is 6.92 Å². The Hall–Kier alpha value is -2.35. The average molecular weight is 349 g/mol. The Morgan fingerprint density at radius 3 is 2.62 bits per heavy atom. The molecule has 0 saturated carbocycles. The zero-order valence-corrected chi connectivity index (χ0v) is 14.6. The van der Waals surface area contributed by atoms with Crippen LogP contribution < -0.4 is 5.56 Å². The summed E-state index contributed by atoms with van der Waals surface area (Å²) >= 11 is 0. The molecule has 0 bridgehead atoms. The lowest BCUT2D eigenvalue weighted by atomic mass is 9.94. The Balaban J connectivity index is 2.14. The molecular formula is C16H19N3O4S. The Morgan fingerprint density at radius 1 is 1.33 bits per heavy atom. The van der Waals surface area contributed by atoms with Crippen molar-refractivity contribution < 1.29 is 13.3 Å². The summed E-state index contributed by atoms with van der Waals surface area (Å²) in [7, 11) is -1.74. The Kier molecular flexibility index (Phi) is 4.08. The highest BCUT2D eigenvalue weighted by atomic mass is 32.2. The minimum absolute atomic E-state index is 0.0929. The van der Waals surface area contributed by atoms with Gasteiger partial charge in [0.1, 0.15) is 6.61 Å².